The van der Waals surface area contributed by atoms with Gasteiger partial charge < -0.3 is 9.73 Å². The highest BCUT2D eigenvalue weighted by atomic mass is 16.3. The molecule has 5 heteroatoms. The maximum absolute atomic E-state index is 12.2. The van der Waals surface area contributed by atoms with Crippen LogP contribution >= 0.6 is 0 Å². The lowest BCUT2D eigenvalue weighted by atomic mass is 10.1. The largest absolute Gasteiger partial charge is 0.464 e. The summed E-state index contributed by atoms with van der Waals surface area (Å²) in [6.07, 6.45) is 3.40. The molecule has 5 nitrogen and oxygen atoms in total. The number of furan rings is 1. The van der Waals surface area contributed by atoms with Gasteiger partial charge in [-0.05, 0) is 31.2 Å². The lowest BCUT2D eigenvalue weighted by Gasteiger charge is -2.06. The Balaban J connectivity index is 1.66. The van der Waals surface area contributed by atoms with E-state index in [0.717, 1.165) is 22.6 Å². The van der Waals surface area contributed by atoms with Gasteiger partial charge in [-0.15, -0.1) is 0 Å². The van der Waals surface area contributed by atoms with Crippen LogP contribution in [0.1, 0.15) is 21.6 Å². The number of hydrogen-bond acceptors (Lipinski definition) is 3. The summed E-state index contributed by atoms with van der Waals surface area (Å²) < 4.78 is 7.12. The zero-order valence-corrected chi connectivity index (χ0v) is 12.5. The van der Waals surface area contributed by atoms with Crippen LogP contribution in [0.3, 0.4) is 0 Å². The molecule has 112 valence electrons. The fourth-order valence-corrected chi connectivity index (χ4v) is 2.22. The van der Waals surface area contributed by atoms with Crippen molar-refractivity contribution in [1.29, 1.82) is 0 Å². The van der Waals surface area contributed by atoms with Crippen LogP contribution in [0, 0.1) is 6.92 Å². The Morgan fingerprint density at radius 2 is 2.05 bits per heavy atom. The Morgan fingerprint density at radius 1 is 1.27 bits per heavy atom. The summed E-state index contributed by atoms with van der Waals surface area (Å²) in [4.78, 5) is 12.2. The molecule has 2 heterocycles. The predicted octanol–water partition coefficient (Wildman–Crippen LogP) is 2.92. The first-order valence-corrected chi connectivity index (χ1v) is 7.05. The number of aromatic nitrogens is 2. The number of carbonyl (C=O) groups is 1. The van der Waals surface area contributed by atoms with E-state index in [0.29, 0.717) is 12.1 Å². The summed E-state index contributed by atoms with van der Waals surface area (Å²) in [5.41, 5.74) is 3.64. The van der Waals surface area contributed by atoms with Crippen LogP contribution in [0.5, 0.6) is 0 Å². The number of amides is 1. The fraction of sp³-hybridized carbons (Fsp3) is 0.176. The minimum absolute atomic E-state index is 0.103. The van der Waals surface area contributed by atoms with E-state index in [2.05, 4.69) is 10.4 Å². The van der Waals surface area contributed by atoms with E-state index in [1.807, 2.05) is 38.2 Å². The van der Waals surface area contributed by atoms with Gasteiger partial charge in [0.2, 0.25) is 0 Å². The Bertz CT molecular complexity index is 771. The van der Waals surface area contributed by atoms with Crippen LogP contribution in [0.25, 0.3) is 11.3 Å². The predicted molar refractivity (Wildman–Crippen MR) is 83.3 cm³/mol. The molecule has 0 fully saturated rings. The van der Waals surface area contributed by atoms with Gasteiger partial charge in [0, 0.05) is 36.0 Å². The van der Waals surface area contributed by atoms with Crippen molar-refractivity contribution in [3.63, 3.8) is 0 Å². The summed E-state index contributed by atoms with van der Waals surface area (Å²) >= 11 is 0. The zero-order valence-electron chi connectivity index (χ0n) is 12.5. The van der Waals surface area contributed by atoms with Gasteiger partial charge in [0.15, 0.2) is 0 Å². The van der Waals surface area contributed by atoms with Crippen LogP contribution in [-0.4, -0.2) is 15.7 Å². The topological polar surface area (TPSA) is 60.1 Å². The molecular weight excluding hydrogens is 278 g/mol. The van der Waals surface area contributed by atoms with Crippen molar-refractivity contribution in [3.05, 3.63) is 65.7 Å². The average Bonchev–Trinajstić information content (AvgIpc) is 3.17. The first kappa shape index (κ1) is 14.1. The van der Waals surface area contributed by atoms with Gasteiger partial charge in [0.25, 0.3) is 5.91 Å². The molecular formula is C17H17N3O2. The maximum atomic E-state index is 12.2. The van der Waals surface area contributed by atoms with E-state index < -0.39 is 0 Å². The number of aryl methyl sites for hydroxylation is 1. The second-order valence-electron chi connectivity index (χ2n) is 5.12. The Labute approximate surface area is 128 Å². The minimum atomic E-state index is -0.103. The van der Waals surface area contributed by atoms with Gasteiger partial charge in [0.05, 0.1) is 12.5 Å². The molecule has 0 saturated heterocycles. The molecule has 0 aliphatic heterocycles. The Morgan fingerprint density at radius 3 is 2.64 bits per heavy atom. The van der Waals surface area contributed by atoms with E-state index in [1.165, 1.54) is 0 Å². The summed E-state index contributed by atoms with van der Waals surface area (Å²) in [7, 11) is 1.88. The molecule has 1 aromatic carbocycles. The number of carbonyl (C=O) groups excluding carboxylic acids is 1. The molecule has 22 heavy (non-hydrogen) atoms. The SMILES string of the molecule is Cc1c(CNC(=O)c2ccc(-c3ccco3)cc2)cnn1C. The molecule has 3 aromatic rings. The third kappa shape index (κ3) is 2.79. The zero-order chi connectivity index (χ0) is 15.5. The first-order valence-electron chi connectivity index (χ1n) is 7.05. The molecule has 0 aliphatic rings. The quantitative estimate of drug-likeness (QED) is 0.805. The van der Waals surface area contributed by atoms with Crippen molar-refractivity contribution in [3.8, 4) is 11.3 Å². The highest BCUT2D eigenvalue weighted by Crippen LogP contribution is 2.20. The van der Waals surface area contributed by atoms with Crippen LogP contribution in [0.4, 0.5) is 0 Å². The van der Waals surface area contributed by atoms with Gasteiger partial charge in [0.1, 0.15) is 5.76 Å². The summed E-state index contributed by atoms with van der Waals surface area (Å²) in [6, 6.07) is 11.1. The number of rotatable bonds is 4. The number of nitrogens with one attached hydrogen (secondary N) is 1. The second-order valence-corrected chi connectivity index (χ2v) is 5.12. The molecule has 0 spiro atoms. The van der Waals surface area contributed by atoms with Gasteiger partial charge in [-0.25, -0.2) is 0 Å². The van der Waals surface area contributed by atoms with Crippen molar-refractivity contribution in [2.24, 2.45) is 7.05 Å². The van der Waals surface area contributed by atoms with Gasteiger partial charge in [-0.1, -0.05) is 12.1 Å². The van der Waals surface area contributed by atoms with E-state index in [9.17, 15) is 4.79 Å². The van der Waals surface area contributed by atoms with Gasteiger partial charge in [-0.2, -0.15) is 5.10 Å². The molecule has 1 amide bonds. The maximum Gasteiger partial charge on any atom is 0.251 e. The van der Waals surface area contributed by atoms with Crippen molar-refractivity contribution in [2.45, 2.75) is 13.5 Å². The standard InChI is InChI=1S/C17H17N3O2/c1-12-15(11-19-20(12)2)10-18-17(21)14-7-5-13(6-8-14)16-4-3-9-22-16/h3-9,11H,10H2,1-2H3,(H,18,21). The molecule has 3 rings (SSSR count). The lowest BCUT2D eigenvalue weighted by Crippen LogP contribution is -2.22. The molecule has 0 atom stereocenters. The smallest absolute Gasteiger partial charge is 0.251 e. The number of nitrogens with zero attached hydrogens (tertiary/aromatic N) is 2. The van der Waals surface area contributed by atoms with E-state index in [1.54, 1.807) is 29.3 Å². The fourth-order valence-electron chi connectivity index (χ4n) is 2.22. The van der Waals surface area contributed by atoms with Crippen LogP contribution in [0.2, 0.25) is 0 Å². The Hall–Kier alpha value is -2.82. The van der Waals surface area contributed by atoms with Crippen molar-refractivity contribution in [2.75, 3.05) is 0 Å². The summed E-state index contributed by atoms with van der Waals surface area (Å²) in [5, 5.41) is 7.07. The van der Waals surface area contributed by atoms with Gasteiger partial charge >= 0.3 is 0 Å². The van der Waals surface area contributed by atoms with Crippen LogP contribution < -0.4 is 5.32 Å². The normalized spacial score (nSPS) is 10.6. The third-order valence-corrected chi connectivity index (χ3v) is 3.73. The molecule has 1 N–H and O–H groups in total. The van der Waals surface area contributed by atoms with Gasteiger partial charge in [-0.3, -0.25) is 9.48 Å². The van der Waals surface area contributed by atoms with Crippen molar-refractivity contribution >= 4 is 5.91 Å². The third-order valence-electron chi connectivity index (χ3n) is 3.73. The second kappa shape index (κ2) is 5.89. The molecule has 0 saturated carbocycles. The molecule has 0 radical (unpaired) electrons. The number of hydrogen-bond donors (Lipinski definition) is 1. The molecule has 2 aromatic heterocycles. The highest BCUT2D eigenvalue weighted by Gasteiger charge is 2.09. The average molecular weight is 295 g/mol. The first-order chi connectivity index (χ1) is 10.6. The minimum Gasteiger partial charge on any atom is -0.464 e. The molecule has 0 bridgehead atoms. The Kier molecular flexibility index (Phi) is 3.78. The van der Waals surface area contributed by atoms with E-state index >= 15 is 0 Å². The van der Waals surface area contributed by atoms with Crippen LogP contribution in [0.15, 0.2) is 53.3 Å². The summed E-state index contributed by atoms with van der Waals surface area (Å²) in [5.74, 6) is 0.687. The molecule has 0 aliphatic carbocycles. The molecule has 0 unspecified atom stereocenters. The van der Waals surface area contributed by atoms with E-state index in [4.69, 9.17) is 4.42 Å². The summed E-state index contributed by atoms with van der Waals surface area (Å²) in [6.45, 7) is 2.45. The number of benzene rings is 1. The van der Waals surface area contributed by atoms with Crippen molar-refractivity contribution in [1.82, 2.24) is 15.1 Å². The van der Waals surface area contributed by atoms with Crippen LogP contribution in [-0.2, 0) is 13.6 Å². The highest BCUT2D eigenvalue weighted by molar-refractivity contribution is 5.94. The van der Waals surface area contributed by atoms with E-state index in [-0.39, 0.29) is 5.91 Å². The lowest BCUT2D eigenvalue weighted by molar-refractivity contribution is 0.0951. The van der Waals surface area contributed by atoms with Crippen molar-refractivity contribution < 1.29 is 9.21 Å². The monoisotopic (exact) mass is 295 g/mol.